The predicted octanol–water partition coefficient (Wildman–Crippen LogP) is 5.06. The van der Waals surface area contributed by atoms with Crippen molar-refractivity contribution < 1.29 is 4.79 Å². The first kappa shape index (κ1) is 19.4. The van der Waals surface area contributed by atoms with Crippen LogP contribution in [0.1, 0.15) is 29.6 Å². The molecule has 1 aliphatic heterocycles. The van der Waals surface area contributed by atoms with Crippen LogP contribution in [0.5, 0.6) is 0 Å². The molecular weight excluding hydrogens is 481 g/mol. The number of carbonyl (C=O) groups excluding carboxylic acids is 1. The number of hydrogen-bond donors (Lipinski definition) is 2. The molecule has 2 aromatic rings. The minimum Gasteiger partial charge on any atom is -0.369 e. The highest BCUT2D eigenvalue weighted by Gasteiger charge is 2.18. The van der Waals surface area contributed by atoms with Crippen molar-refractivity contribution in [2.24, 2.45) is 0 Å². The smallest absolute Gasteiger partial charge is 0.257 e. The summed E-state index contributed by atoms with van der Waals surface area (Å²) in [6, 6.07) is 13.0. The molecule has 0 aromatic heterocycles. The summed E-state index contributed by atoms with van der Waals surface area (Å²) in [7, 11) is 0. The van der Waals surface area contributed by atoms with E-state index in [1.807, 2.05) is 36.4 Å². The lowest BCUT2D eigenvalue weighted by atomic mass is 10.1. The number of thiocarbonyl (C=S) groups is 1. The summed E-state index contributed by atoms with van der Waals surface area (Å²) in [5.41, 5.74) is 2.33. The number of hydrogen-bond acceptors (Lipinski definition) is 3. The Morgan fingerprint density at radius 3 is 2.58 bits per heavy atom. The number of para-hydroxylation sites is 1. The van der Waals surface area contributed by atoms with E-state index in [9.17, 15) is 4.79 Å². The average Bonchev–Trinajstić information content (AvgIpc) is 2.62. The molecule has 7 heteroatoms. The van der Waals surface area contributed by atoms with Crippen molar-refractivity contribution in [2.45, 2.75) is 19.3 Å². The van der Waals surface area contributed by atoms with Crippen LogP contribution < -0.4 is 15.5 Å². The van der Waals surface area contributed by atoms with Crippen molar-refractivity contribution in [3.8, 4) is 0 Å². The second-order valence-corrected chi connectivity index (χ2v) is 8.16. The molecule has 0 spiro atoms. The maximum absolute atomic E-state index is 12.4. The quantitative estimate of drug-likeness (QED) is 0.458. The molecule has 136 valence electrons. The summed E-state index contributed by atoms with van der Waals surface area (Å²) in [6.45, 7) is 1.94. The number of halogens is 2. The summed E-state index contributed by atoms with van der Waals surface area (Å²) in [6.07, 6.45) is 3.55. The molecule has 1 aliphatic rings. The Kier molecular flexibility index (Phi) is 6.72. The van der Waals surface area contributed by atoms with E-state index in [-0.39, 0.29) is 11.0 Å². The van der Waals surface area contributed by atoms with Crippen molar-refractivity contribution in [1.82, 2.24) is 5.32 Å². The van der Waals surface area contributed by atoms with Gasteiger partial charge in [-0.2, -0.15) is 0 Å². The standard InChI is InChI=1S/C19H19ClIN3OS/c20-15-8-5-9-16(17(15)24-10-2-1-3-11-24)22-19(26)23-18(25)13-6-4-7-14(21)12-13/h4-9,12H,1-3,10-11H2,(H2,22,23,25,26). The van der Waals surface area contributed by atoms with Crippen molar-refractivity contribution in [3.05, 3.63) is 56.6 Å². The molecule has 1 amide bonds. The van der Waals surface area contributed by atoms with E-state index in [4.69, 9.17) is 23.8 Å². The lowest BCUT2D eigenvalue weighted by molar-refractivity contribution is 0.0977. The van der Waals surface area contributed by atoms with Crippen LogP contribution in [-0.2, 0) is 0 Å². The number of carbonyl (C=O) groups is 1. The third-order valence-corrected chi connectivity index (χ3v) is 5.40. The lowest BCUT2D eigenvalue weighted by Crippen LogP contribution is -2.35. The molecule has 0 atom stereocenters. The van der Waals surface area contributed by atoms with Gasteiger partial charge in [0.2, 0.25) is 0 Å². The number of nitrogens with one attached hydrogen (secondary N) is 2. The van der Waals surface area contributed by atoms with Crippen molar-refractivity contribution in [1.29, 1.82) is 0 Å². The zero-order chi connectivity index (χ0) is 18.5. The van der Waals surface area contributed by atoms with Crippen LogP contribution in [0.3, 0.4) is 0 Å². The fraction of sp³-hybridized carbons (Fsp3) is 0.263. The maximum Gasteiger partial charge on any atom is 0.257 e. The Bertz CT molecular complexity index is 824. The van der Waals surface area contributed by atoms with E-state index >= 15 is 0 Å². The second-order valence-electron chi connectivity index (χ2n) is 6.10. The fourth-order valence-electron chi connectivity index (χ4n) is 3.01. The molecule has 4 nitrogen and oxygen atoms in total. The maximum atomic E-state index is 12.4. The van der Waals surface area contributed by atoms with Gasteiger partial charge in [0.15, 0.2) is 5.11 Å². The van der Waals surface area contributed by atoms with Crippen LogP contribution in [0, 0.1) is 3.57 Å². The highest BCUT2D eigenvalue weighted by molar-refractivity contribution is 14.1. The lowest BCUT2D eigenvalue weighted by Gasteiger charge is -2.31. The monoisotopic (exact) mass is 499 g/mol. The Hall–Kier alpha value is -1.38. The van der Waals surface area contributed by atoms with Gasteiger partial charge in [-0.3, -0.25) is 10.1 Å². The zero-order valence-electron chi connectivity index (χ0n) is 14.1. The molecule has 2 N–H and O–H groups in total. The van der Waals surface area contributed by atoms with Crippen molar-refractivity contribution in [3.63, 3.8) is 0 Å². The fourth-order valence-corrected chi connectivity index (χ4v) is 4.05. The van der Waals surface area contributed by atoms with Gasteiger partial charge < -0.3 is 10.2 Å². The van der Waals surface area contributed by atoms with Crippen LogP contribution in [-0.4, -0.2) is 24.1 Å². The SMILES string of the molecule is O=C(NC(=S)Nc1cccc(Cl)c1N1CCCCC1)c1cccc(I)c1. The molecule has 0 radical (unpaired) electrons. The van der Waals surface area contributed by atoms with Gasteiger partial charge in [0.1, 0.15) is 0 Å². The van der Waals surface area contributed by atoms with Gasteiger partial charge in [0.25, 0.3) is 5.91 Å². The molecule has 0 aliphatic carbocycles. The Labute approximate surface area is 177 Å². The van der Waals surface area contributed by atoms with Gasteiger partial charge in [-0.05, 0) is 84.4 Å². The highest BCUT2D eigenvalue weighted by Crippen LogP contribution is 2.35. The minimum absolute atomic E-state index is 0.234. The van der Waals surface area contributed by atoms with Crippen molar-refractivity contribution in [2.75, 3.05) is 23.3 Å². The summed E-state index contributed by atoms with van der Waals surface area (Å²) < 4.78 is 0.997. The third kappa shape index (κ3) is 4.86. The average molecular weight is 500 g/mol. The first-order valence-corrected chi connectivity index (χ1v) is 10.3. The van der Waals surface area contributed by atoms with E-state index in [1.165, 1.54) is 6.42 Å². The molecular formula is C19H19ClIN3OS. The summed E-state index contributed by atoms with van der Waals surface area (Å²) in [4.78, 5) is 14.6. The van der Waals surface area contributed by atoms with E-state index < -0.39 is 0 Å². The van der Waals surface area contributed by atoms with Crippen LogP contribution in [0.25, 0.3) is 0 Å². The number of benzene rings is 2. The number of amides is 1. The molecule has 1 fully saturated rings. The largest absolute Gasteiger partial charge is 0.369 e. The highest BCUT2D eigenvalue weighted by atomic mass is 127. The van der Waals surface area contributed by atoms with Crippen LogP contribution in [0.4, 0.5) is 11.4 Å². The molecule has 0 saturated carbocycles. The summed E-state index contributed by atoms with van der Waals surface area (Å²) in [5, 5.41) is 6.82. The summed E-state index contributed by atoms with van der Waals surface area (Å²) >= 11 is 14.0. The number of piperidine rings is 1. The third-order valence-electron chi connectivity index (χ3n) is 4.22. The molecule has 0 bridgehead atoms. The van der Waals surface area contributed by atoms with Gasteiger partial charge in [-0.1, -0.05) is 23.7 Å². The number of rotatable bonds is 3. The molecule has 0 unspecified atom stereocenters. The first-order chi connectivity index (χ1) is 12.5. The van der Waals surface area contributed by atoms with Gasteiger partial charge in [0.05, 0.1) is 16.4 Å². The minimum atomic E-state index is -0.234. The topological polar surface area (TPSA) is 44.4 Å². The molecule has 3 rings (SSSR count). The molecule has 2 aromatic carbocycles. The van der Waals surface area contributed by atoms with Gasteiger partial charge in [-0.15, -0.1) is 0 Å². The van der Waals surface area contributed by atoms with Crippen molar-refractivity contribution >= 4 is 68.8 Å². The van der Waals surface area contributed by atoms with Crippen LogP contribution in [0.15, 0.2) is 42.5 Å². The molecule has 1 saturated heterocycles. The van der Waals surface area contributed by atoms with Crippen LogP contribution >= 0.6 is 46.4 Å². The van der Waals surface area contributed by atoms with E-state index in [0.29, 0.717) is 10.6 Å². The first-order valence-electron chi connectivity index (χ1n) is 8.46. The normalized spacial score (nSPS) is 14.0. The van der Waals surface area contributed by atoms with E-state index in [0.717, 1.165) is 40.9 Å². The predicted molar refractivity (Wildman–Crippen MR) is 120 cm³/mol. The number of nitrogens with zero attached hydrogens (tertiary/aromatic N) is 1. The van der Waals surface area contributed by atoms with Gasteiger partial charge in [-0.25, -0.2) is 0 Å². The zero-order valence-corrected chi connectivity index (χ0v) is 17.8. The van der Waals surface area contributed by atoms with Crippen LogP contribution in [0.2, 0.25) is 5.02 Å². The summed E-state index contributed by atoms with van der Waals surface area (Å²) in [5.74, 6) is -0.234. The van der Waals surface area contributed by atoms with E-state index in [1.54, 1.807) is 6.07 Å². The van der Waals surface area contributed by atoms with E-state index in [2.05, 4.69) is 38.1 Å². The Morgan fingerprint density at radius 2 is 1.85 bits per heavy atom. The molecule has 1 heterocycles. The Balaban J connectivity index is 1.73. The van der Waals surface area contributed by atoms with Gasteiger partial charge in [0, 0.05) is 22.2 Å². The second kappa shape index (κ2) is 9.01. The number of anilines is 2. The Morgan fingerprint density at radius 1 is 1.12 bits per heavy atom. The van der Waals surface area contributed by atoms with Gasteiger partial charge >= 0.3 is 0 Å². The molecule has 26 heavy (non-hydrogen) atoms.